The fourth-order valence-electron chi connectivity index (χ4n) is 1.55. The first-order valence-electron chi connectivity index (χ1n) is 8.74. The summed E-state index contributed by atoms with van der Waals surface area (Å²) < 4.78 is 0. The van der Waals surface area contributed by atoms with E-state index in [1.54, 1.807) is 12.1 Å². The first kappa shape index (κ1) is 32.4. The first-order valence-corrected chi connectivity index (χ1v) is 8.74. The Labute approximate surface area is 200 Å². The number of aromatic nitrogens is 1. The van der Waals surface area contributed by atoms with Crippen LogP contribution < -0.4 is 0 Å². The van der Waals surface area contributed by atoms with E-state index in [4.69, 9.17) is 45.3 Å². The van der Waals surface area contributed by atoms with Gasteiger partial charge in [-0.1, -0.05) is 6.07 Å². The Hall–Kier alpha value is -5.82. The molecule has 0 fully saturated rings. The second kappa shape index (κ2) is 17.7. The highest BCUT2D eigenvalue weighted by atomic mass is 16.4. The highest BCUT2D eigenvalue weighted by molar-refractivity contribution is 6.37. The Morgan fingerprint density at radius 1 is 0.778 bits per heavy atom. The molecule has 0 amide bonds. The zero-order valence-electron chi connectivity index (χ0n) is 17.7. The van der Waals surface area contributed by atoms with Gasteiger partial charge in [0, 0.05) is 6.20 Å². The minimum Gasteiger partial charge on any atom is -0.515 e. The molecule has 2 rings (SSSR count). The van der Waals surface area contributed by atoms with Crippen LogP contribution in [0.5, 0.6) is 11.5 Å². The van der Waals surface area contributed by atoms with Gasteiger partial charge in [-0.05, 0) is 42.5 Å². The lowest BCUT2D eigenvalue weighted by Crippen LogP contribution is -2.09. The van der Waals surface area contributed by atoms with Gasteiger partial charge in [-0.25, -0.2) is 24.2 Å². The lowest BCUT2D eigenvalue weighted by molar-refractivity contribution is -0.191. The quantitative estimate of drug-likeness (QED) is 0.0932. The number of hydrogen-bond donors (Lipinski definition) is 7. The highest BCUT2D eigenvalue weighted by Gasteiger charge is 2.08. The first-order chi connectivity index (χ1) is 16.8. The van der Waals surface area contributed by atoms with Crippen molar-refractivity contribution in [2.24, 2.45) is 0 Å². The van der Waals surface area contributed by atoms with Crippen LogP contribution in [0.4, 0.5) is 0 Å². The molecule has 0 aliphatic carbocycles. The summed E-state index contributed by atoms with van der Waals surface area (Å²) >= 11 is 0. The molecule has 0 spiro atoms. The number of carboxylic acid groups (broad SMARTS) is 4. The van der Waals surface area contributed by atoms with Crippen molar-refractivity contribution >= 4 is 35.8 Å². The van der Waals surface area contributed by atoms with E-state index >= 15 is 0 Å². The number of aliphatic hydroxyl groups excluding tert-OH is 1. The van der Waals surface area contributed by atoms with E-state index in [9.17, 15) is 24.0 Å². The maximum Gasteiger partial charge on any atom is 0.376 e. The molecule has 15 nitrogen and oxygen atoms in total. The molecule has 0 saturated heterocycles. The van der Waals surface area contributed by atoms with E-state index < -0.39 is 41.0 Å². The average Bonchev–Trinajstić information content (AvgIpc) is 2.82. The number of phenolic OH excluding ortho intramolecular Hbond substituents is 2. The lowest BCUT2D eigenvalue weighted by Gasteiger charge is -1.97. The minimum atomic E-state index is -1.70. The number of aromatic hydroxyl groups is 2. The molecule has 0 aliphatic heterocycles. The zero-order chi connectivity index (χ0) is 28.3. The normalized spacial score (nSPS) is 9.50. The van der Waals surface area contributed by atoms with Crippen molar-refractivity contribution in [2.45, 2.75) is 0 Å². The summed E-state index contributed by atoms with van der Waals surface area (Å²) in [5, 5.41) is 59.0. The van der Waals surface area contributed by atoms with Gasteiger partial charge in [-0.2, -0.15) is 9.59 Å². The fourth-order valence-corrected chi connectivity index (χ4v) is 1.55. The number of carbonyl (C=O) groups excluding carboxylic acids is 3. The topological polar surface area (TPSA) is 274 Å². The number of carboxylic acids is 4. The largest absolute Gasteiger partial charge is 0.515 e. The zero-order valence-corrected chi connectivity index (χ0v) is 17.7. The SMILES string of the molecule is O=C(O)C(=O)C=CC(=CO)C(=O)O.O=C(O)c1ccc(O)c(O)c1.O=C(O)c1ccccn1.O=C=O. The van der Waals surface area contributed by atoms with Crippen LogP contribution in [-0.2, 0) is 24.0 Å². The van der Waals surface area contributed by atoms with Gasteiger partial charge in [0.15, 0.2) is 11.5 Å². The highest BCUT2D eigenvalue weighted by Crippen LogP contribution is 2.24. The van der Waals surface area contributed by atoms with Gasteiger partial charge in [0.1, 0.15) is 5.69 Å². The molecule has 7 N–H and O–H groups in total. The molecule has 1 aromatic heterocycles. The summed E-state index contributed by atoms with van der Waals surface area (Å²) in [6, 6.07) is 8.07. The molecular weight excluding hydrogens is 490 g/mol. The molecule has 1 aromatic carbocycles. The fraction of sp³-hybridized carbons (Fsp3) is 0. The number of hydrogen-bond acceptors (Lipinski definition) is 11. The average molecular weight is 507 g/mol. The summed E-state index contributed by atoms with van der Waals surface area (Å²) in [6.45, 7) is 0. The van der Waals surface area contributed by atoms with Crippen molar-refractivity contribution in [1.82, 2.24) is 4.98 Å². The van der Waals surface area contributed by atoms with E-state index in [0.29, 0.717) is 12.2 Å². The Balaban J connectivity index is 0. The summed E-state index contributed by atoms with van der Waals surface area (Å²) in [5.41, 5.74) is -0.549. The number of phenols is 2. The molecule has 1 heterocycles. The van der Waals surface area contributed by atoms with Crippen molar-refractivity contribution in [3.8, 4) is 11.5 Å². The van der Waals surface area contributed by atoms with Crippen LogP contribution >= 0.6 is 0 Å². The number of aliphatic hydroxyl groups is 1. The standard InChI is InChI=1S/C7H6O6.C7H6O4.C6H5NO2.CO2/c8-3-4(6(10)11)1-2-5(9)7(12)13;8-5-2-1-4(7(10)11)3-6(5)9;8-6(9)5-3-1-2-4-7-5;2-1-3/h1-3,8H,(H,10,11)(H,12,13);1-3,8-9H,(H,10,11);1-4H,(H,8,9);. The maximum absolute atomic E-state index is 10.4. The number of ketones is 1. The van der Waals surface area contributed by atoms with Gasteiger partial charge >= 0.3 is 30.0 Å². The van der Waals surface area contributed by atoms with E-state index in [1.165, 1.54) is 18.3 Å². The van der Waals surface area contributed by atoms with Gasteiger partial charge < -0.3 is 35.7 Å². The summed E-state index contributed by atoms with van der Waals surface area (Å²) in [5.74, 6) is -7.30. The van der Waals surface area contributed by atoms with Gasteiger partial charge in [-0.3, -0.25) is 4.79 Å². The van der Waals surface area contributed by atoms with Crippen molar-refractivity contribution in [3.05, 3.63) is 77.8 Å². The van der Waals surface area contributed by atoms with Gasteiger partial charge in [0.2, 0.25) is 0 Å². The summed E-state index contributed by atoms with van der Waals surface area (Å²) in [7, 11) is 0. The maximum atomic E-state index is 10.4. The van der Waals surface area contributed by atoms with E-state index in [-0.39, 0.29) is 29.4 Å². The predicted octanol–water partition coefficient (Wildman–Crippen LogP) is 0.715. The van der Waals surface area contributed by atoms with E-state index in [0.717, 1.165) is 12.1 Å². The van der Waals surface area contributed by atoms with Crippen LogP contribution in [0.3, 0.4) is 0 Å². The molecule has 0 radical (unpaired) electrons. The third-order valence-electron chi connectivity index (χ3n) is 3.12. The van der Waals surface area contributed by atoms with Crippen molar-refractivity contribution in [1.29, 1.82) is 0 Å². The van der Waals surface area contributed by atoms with Crippen LogP contribution in [0.15, 0.2) is 66.6 Å². The van der Waals surface area contributed by atoms with E-state index in [1.807, 2.05) is 0 Å². The van der Waals surface area contributed by atoms with Crippen LogP contribution in [-0.4, -0.2) is 76.5 Å². The molecule has 0 bridgehead atoms. The molecule has 36 heavy (non-hydrogen) atoms. The number of carbonyl (C=O) groups is 5. The Bertz CT molecular complexity index is 1160. The van der Waals surface area contributed by atoms with Crippen LogP contribution in [0.1, 0.15) is 20.8 Å². The Morgan fingerprint density at radius 2 is 1.36 bits per heavy atom. The number of pyridine rings is 1. The number of aliphatic carboxylic acids is 2. The molecular formula is C21H17NO14. The molecule has 0 aliphatic rings. The minimum absolute atomic E-state index is 0.0553. The smallest absolute Gasteiger partial charge is 0.376 e. The summed E-state index contributed by atoms with van der Waals surface area (Å²) in [6.07, 6.45) is 3.19. The number of benzene rings is 1. The Morgan fingerprint density at radius 3 is 1.69 bits per heavy atom. The predicted molar refractivity (Wildman–Crippen MR) is 113 cm³/mol. The third-order valence-corrected chi connectivity index (χ3v) is 3.12. The van der Waals surface area contributed by atoms with Gasteiger partial charge in [0.05, 0.1) is 17.4 Å². The molecule has 2 aromatic rings. The molecule has 0 saturated carbocycles. The second-order valence-corrected chi connectivity index (χ2v) is 5.50. The van der Waals surface area contributed by atoms with Crippen LogP contribution in [0.2, 0.25) is 0 Å². The molecule has 0 atom stereocenters. The number of aromatic carboxylic acids is 2. The van der Waals surface area contributed by atoms with Gasteiger partial charge in [0.25, 0.3) is 5.78 Å². The van der Waals surface area contributed by atoms with Crippen LogP contribution in [0.25, 0.3) is 0 Å². The Kier molecular flexibility index (Phi) is 15.9. The number of nitrogens with zero attached hydrogens (tertiary/aromatic N) is 1. The van der Waals surface area contributed by atoms with Crippen LogP contribution in [0, 0.1) is 0 Å². The third kappa shape index (κ3) is 14.3. The van der Waals surface area contributed by atoms with Crippen molar-refractivity contribution in [3.63, 3.8) is 0 Å². The molecule has 0 unspecified atom stereocenters. The summed E-state index contributed by atoms with van der Waals surface area (Å²) in [4.78, 5) is 70.8. The monoisotopic (exact) mass is 507 g/mol. The van der Waals surface area contributed by atoms with E-state index in [2.05, 4.69) is 4.98 Å². The molecule has 190 valence electrons. The molecule has 15 heteroatoms. The lowest BCUT2D eigenvalue weighted by atomic mass is 10.2. The number of rotatable bonds is 6. The second-order valence-electron chi connectivity index (χ2n) is 5.50. The van der Waals surface area contributed by atoms with Crippen molar-refractivity contribution in [2.75, 3.05) is 0 Å². The van der Waals surface area contributed by atoms with Crippen molar-refractivity contribution < 1.29 is 69.3 Å². The van der Waals surface area contributed by atoms with Gasteiger partial charge in [-0.15, -0.1) is 0 Å².